The van der Waals surface area contributed by atoms with Gasteiger partial charge < -0.3 is 19.9 Å². The number of hydrogen-bond acceptors (Lipinski definition) is 5. The number of aromatic carboxylic acids is 1. The molecule has 7 nitrogen and oxygen atoms in total. The van der Waals surface area contributed by atoms with E-state index in [9.17, 15) is 9.59 Å². The van der Waals surface area contributed by atoms with Gasteiger partial charge in [-0.05, 0) is 31.0 Å². The maximum Gasteiger partial charge on any atom is 0.335 e. The minimum absolute atomic E-state index is 0.0450. The molecule has 1 aromatic carbocycles. The Morgan fingerprint density at radius 2 is 2.05 bits per heavy atom. The number of amidine groups is 1. The van der Waals surface area contributed by atoms with Gasteiger partial charge in [-0.2, -0.15) is 4.99 Å². The predicted octanol–water partition coefficient (Wildman–Crippen LogP) is 1.43. The molecule has 0 saturated heterocycles. The summed E-state index contributed by atoms with van der Waals surface area (Å²) in [5.74, 6) is -0.233. The lowest BCUT2D eigenvalue weighted by Gasteiger charge is -2.27. The third-order valence-electron chi connectivity index (χ3n) is 4.09. The summed E-state index contributed by atoms with van der Waals surface area (Å²) in [7, 11) is 0. The van der Waals surface area contributed by atoms with Crippen LogP contribution in [0, 0.1) is 5.92 Å². The standard InChI is InChI=1S/C15H16N2O5/c1-7(2)15(3)14(20)16-11(17-15)13-21-9-5-4-8(12(18)19)6-10(9)22-13/h4-7,13H,1-3H3,(H,18,19)(H,16,17,20). The molecule has 0 saturated carbocycles. The average Bonchev–Trinajstić information content (AvgIpc) is 3.00. The first-order valence-corrected chi connectivity index (χ1v) is 6.93. The number of benzene rings is 1. The summed E-state index contributed by atoms with van der Waals surface area (Å²) in [6, 6.07) is 4.34. The Morgan fingerprint density at radius 1 is 1.36 bits per heavy atom. The zero-order chi connectivity index (χ0) is 16.1. The first-order valence-electron chi connectivity index (χ1n) is 6.93. The van der Waals surface area contributed by atoms with Gasteiger partial charge in [-0.3, -0.25) is 4.79 Å². The fourth-order valence-electron chi connectivity index (χ4n) is 2.27. The first-order chi connectivity index (χ1) is 10.3. The fourth-order valence-corrected chi connectivity index (χ4v) is 2.27. The van der Waals surface area contributed by atoms with Crippen LogP contribution in [0.15, 0.2) is 23.2 Å². The molecule has 1 aromatic rings. The molecule has 2 aliphatic heterocycles. The molecule has 0 radical (unpaired) electrons. The van der Waals surface area contributed by atoms with Crippen molar-refractivity contribution in [1.82, 2.24) is 5.32 Å². The number of carboxylic acids is 1. The van der Waals surface area contributed by atoms with E-state index in [0.717, 1.165) is 0 Å². The lowest BCUT2D eigenvalue weighted by atomic mass is 9.88. The molecule has 116 valence electrons. The van der Waals surface area contributed by atoms with Gasteiger partial charge in [-0.25, -0.2) is 4.79 Å². The van der Waals surface area contributed by atoms with Gasteiger partial charge in [0.2, 0.25) is 0 Å². The highest BCUT2D eigenvalue weighted by molar-refractivity contribution is 6.08. The second-order valence-corrected chi connectivity index (χ2v) is 5.82. The van der Waals surface area contributed by atoms with Gasteiger partial charge in [-0.15, -0.1) is 0 Å². The second-order valence-electron chi connectivity index (χ2n) is 5.82. The Kier molecular flexibility index (Phi) is 3.09. The molecule has 2 N–H and O–H groups in total. The minimum atomic E-state index is -1.05. The monoisotopic (exact) mass is 304 g/mol. The van der Waals surface area contributed by atoms with E-state index in [-0.39, 0.29) is 17.4 Å². The topological polar surface area (TPSA) is 97.2 Å². The van der Waals surface area contributed by atoms with Gasteiger partial charge in [0.15, 0.2) is 17.3 Å². The van der Waals surface area contributed by atoms with Crippen LogP contribution >= 0.6 is 0 Å². The van der Waals surface area contributed by atoms with Crippen molar-refractivity contribution in [2.45, 2.75) is 32.6 Å². The maximum atomic E-state index is 12.1. The van der Waals surface area contributed by atoms with Crippen LogP contribution in [-0.2, 0) is 4.79 Å². The molecule has 0 fully saturated rings. The van der Waals surface area contributed by atoms with Crippen LogP contribution in [-0.4, -0.2) is 34.6 Å². The molecule has 0 aliphatic carbocycles. The van der Waals surface area contributed by atoms with Gasteiger partial charge in [0.25, 0.3) is 12.2 Å². The number of carbonyl (C=O) groups excluding carboxylic acids is 1. The van der Waals surface area contributed by atoms with Gasteiger partial charge >= 0.3 is 5.97 Å². The molecule has 1 amide bonds. The van der Waals surface area contributed by atoms with E-state index in [2.05, 4.69) is 10.3 Å². The summed E-state index contributed by atoms with van der Waals surface area (Å²) in [5.41, 5.74) is -0.685. The lowest BCUT2D eigenvalue weighted by molar-refractivity contribution is -0.123. The Morgan fingerprint density at radius 3 is 2.64 bits per heavy atom. The van der Waals surface area contributed by atoms with Crippen molar-refractivity contribution >= 4 is 17.7 Å². The minimum Gasteiger partial charge on any atom is -0.478 e. The summed E-state index contributed by atoms with van der Waals surface area (Å²) in [4.78, 5) is 27.0. The molecule has 2 atom stereocenters. The number of fused-ring (bicyclic) bond motifs is 1. The van der Waals surface area contributed by atoms with Crippen molar-refractivity contribution in [3.8, 4) is 11.5 Å². The van der Waals surface area contributed by atoms with Gasteiger partial charge in [-0.1, -0.05) is 13.8 Å². The second kappa shape index (κ2) is 4.72. The number of hydrogen-bond donors (Lipinski definition) is 2. The molecular weight excluding hydrogens is 288 g/mol. The number of carbonyl (C=O) groups is 2. The van der Waals surface area contributed by atoms with Crippen LogP contribution in [0.2, 0.25) is 0 Å². The number of nitrogens with one attached hydrogen (secondary N) is 1. The summed E-state index contributed by atoms with van der Waals surface area (Å²) in [6.07, 6.45) is -0.872. The molecule has 7 heteroatoms. The highest BCUT2D eigenvalue weighted by atomic mass is 16.7. The highest BCUT2D eigenvalue weighted by Crippen LogP contribution is 2.36. The number of aliphatic imine (C=N–C) groups is 1. The van der Waals surface area contributed by atoms with Crippen LogP contribution < -0.4 is 14.8 Å². The van der Waals surface area contributed by atoms with Crippen LogP contribution in [0.25, 0.3) is 0 Å². The van der Waals surface area contributed by atoms with E-state index in [0.29, 0.717) is 17.3 Å². The fraction of sp³-hybridized carbons (Fsp3) is 0.400. The number of rotatable bonds is 3. The summed E-state index contributed by atoms with van der Waals surface area (Å²) >= 11 is 0. The normalized spacial score (nSPS) is 26.1. The molecule has 2 heterocycles. The van der Waals surface area contributed by atoms with Gasteiger partial charge in [0.1, 0.15) is 5.54 Å². The van der Waals surface area contributed by atoms with Crippen LogP contribution in [0.1, 0.15) is 31.1 Å². The smallest absolute Gasteiger partial charge is 0.335 e. The van der Waals surface area contributed by atoms with Crippen molar-refractivity contribution in [2.24, 2.45) is 10.9 Å². The predicted molar refractivity (Wildman–Crippen MR) is 77.3 cm³/mol. The van der Waals surface area contributed by atoms with Crippen molar-refractivity contribution in [2.75, 3.05) is 0 Å². The molecule has 3 rings (SSSR count). The highest BCUT2D eigenvalue weighted by Gasteiger charge is 2.46. The Bertz CT molecular complexity index is 697. The van der Waals surface area contributed by atoms with Crippen molar-refractivity contribution < 1.29 is 24.2 Å². The molecule has 2 unspecified atom stereocenters. The average molecular weight is 304 g/mol. The van der Waals surface area contributed by atoms with Crippen molar-refractivity contribution in [1.29, 1.82) is 0 Å². The van der Waals surface area contributed by atoms with E-state index in [4.69, 9.17) is 14.6 Å². The Balaban J connectivity index is 1.81. The summed E-state index contributed by atoms with van der Waals surface area (Å²) in [6.45, 7) is 5.63. The van der Waals surface area contributed by atoms with Crippen molar-refractivity contribution in [3.63, 3.8) is 0 Å². The summed E-state index contributed by atoms with van der Waals surface area (Å²) < 4.78 is 11.2. The molecular formula is C15H16N2O5. The van der Waals surface area contributed by atoms with E-state index >= 15 is 0 Å². The van der Waals surface area contributed by atoms with Gasteiger partial charge in [0.05, 0.1) is 5.56 Å². The van der Waals surface area contributed by atoms with E-state index < -0.39 is 17.8 Å². The first kappa shape index (κ1) is 14.4. The van der Waals surface area contributed by atoms with E-state index in [1.54, 1.807) is 6.92 Å². The van der Waals surface area contributed by atoms with E-state index in [1.807, 2.05) is 13.8 Å². The number of nitrogens with zero attached hydrogens (tertiary/aromatic N) is 1. The van der Waals surface area contributed by atoms with Gasteiger partial charge in [0, 0.05) is 0 Å². The van der Waals surface area contributed by atoms with Crippen LogP contribution in [0.3, 0.4) is 0 Å². The number of amides is 1. The SMILES string of the molecule is CC(C)C1(C)NC(C2Oc3ccc(C(=O)O)cc3O2)=NC1=O. The Labute approximate surface area is 126 Å². The van der Waals surface area contributed by atoms with Crippen LogP contribution in [0.4, 0.5) is 0 Å². The number of carboxylic acid groups (broad SMARTS) is 1. The largest absolute Gasteiger partial charge is 0.478 e. The molecule has 0 aromatic heterocycles. The van der Waals surface area contributed by atoms with Crippen molar-refractivity contribution in [3.05, 3.63) is 23.8 Å². The molecule has 22 heavy (non-hydrogen) atoms. The number of ether oxygens (including phenoxy) is 2. The Hall–Kier alpha value is -2.57. The van der Waals surface area contributed by atoms with E-state index in [1.165, 1.54) is 18.2 Å². The van der Waals surface area contributed by atoms with Crippen LogP contribution in [0.5, 0.6) is 11.5 Å². The quantitative estimate of drug-likeness (QED) is 0.876. The third-order valence-corrected chi connectivity index (χ3v) is 4.09. The summed E-state index contributed by atoms with van der Waals surface area (Å²) in [5, 5.41) is 12.0. The lowest BCUT2D eigenvalue weighted by Crippen LogP contribution is -2.53. The molecule has 0 spiro atoms. The molecule has 0 bridgehead atoms. The third kappa shape index (κ3) is 2.09. The maximum absolute atomic E-state index is 12.1. The molecule has 2 aliphatic rings. The zero-order valence-corrected chi connectivity index (χ0v) is 12.4. The zero-order valence-electron chi connectivity index (χ0n) is 12.4.